The minimum absolute atomic E-state index is 0.635. The van der Waals surface area contributed by atoms with Gasteiger partial charge in [0.1, 0.15) is 5.82 Å². The summed E-state index contributed by atoms with van der Waals surface area (Å²) in [7, 11) is 0. The number of nitrogens with one attached hydrogen (secondary N) is 1. The zero-order valence-corrected chi connectivity index (χ0v) is 14.6. The van der Waals surface area contributed by atoms with Gasteiger partial charge in [0, 0.05) is 22.7 Å². The van der Waals surface area contributed by atoms with Crippen molar-refractivity contribution in [1.82, 2.24) is 9.78 Å². The van der Waals surface area contributed by atoms with E-state index in [4.69, 9.17) is 28.3 Å². The third-order valence-electron chi connectivity index (χ3n) is 4.31. The lowest BCUT2D eigenvalue weighted by atomic mass is 10.0. The maximum atomic E-state index is 6.42. The van der Waals surface area contributed by atoms with Crippen molar-refractivity contribution in [3.63, 3.8) is 0 Å². The second-order valence-corrected chi connectivity index (χ2v) is 6.78. The minimum Gasteiger partial charge on any atom is -0.370 e. The van der Waals surface area contributed by atoms with Crippen molar-refractivity contribution < 1.29 is 0 Å². The molecule has 0 aliphatic carbocycles. The average molecular weight is 358 g/mol. The lowest BCUT2D eigenvalue weighted by Gasteiger charge is -2.11. The molecule has 4 rings (SSSR count). The molecule has 1 N–H and O–H groups in total. The number of fused-ring (bicyclic) bond motifs is 1. The van der Waals surface area contributed by atoms with Crippen LogP contribution >= 0.6 is 23.2 Å². The molecule has 122 valence electrons. The number of aromatic nitrogens is 2. The second kappa shape index (κ2) is 6.50. The monoisotopic (exact) mass is 357 g/mol. The molecule has 1 aliphatic rings. The zero-order valence-electron chi connectivity index (χ0n) is 13.1. The highest BCUT2D eigenvalue weighted by atomic mass is 35.5. The van der Waals surface area contributed by atoms with E-state index in [1.165, 1.54) is 5.56 Å². The largest absolute Gasteiger partial charge is 0.370 e. The highest BCUT2D eigenvalue weighted by Gasteiger charge is 2.22. The summed E-state index contributed by atoms with van der Waals surface area (Å²) in [6.07, 6.45) is 3.30. The van der Waals surface area contributed by atoms with Crippen molar-refractivity contribution in [2.45, 2.75) is 19.3 Å². The van der Waals surface area contributed by atoms with Crippen molar-refractivity contribution >= 4 is 29.0 Å². The van der Waals surface area contributed by atoms with Crippen LogP contribution in [0.25, 0.3) is 16.9 Å². The van der Waals surface area contributed by atoms with Gasteiger partial charge in [0.25, 0.3) is 0 Å². The van der Waals surface area contributed by atoms with Crippen LogP contribution in [0.2, 0.25) is 10.0 Å². The quantitative estimate of drug-likeness (QED) is 0.647. The standard InChI is InChI=1S/C19H17Cl2N3/c20-14-9-10-16(21)17(12-14)24-19-15(8-4-5-11-22-19)18(23-24)13-6-2-1-3-7-13/h1-3,6-7,9-10,12,22H,4-5,8,11H2. The number of hydrogen-bond acceptors (Lipinski definition) is 2. The van der Waals surface area contributed by atoms with Gasteiger partial charge in [-0.15, -0.1) is 0 Å². The summed E-state index contributed by atoms with van der Waals surface area (Å²) in [4.78, 5) is 0. The molecule has 0 saturated carbocycles. The van der Waals surface area contributed by atoms with Crippen molar-refractivity contribution in [1.29, 1.82) is 0 Å². The van der Waals surface area contributed by atoms with E-state index in [9.17, 15) is 0 Å². The van der Waals surface area contributed by atoms with Gasteiger partial charge < -0.3 is 5.32 Å². The second-order valence-electron chi connectivity index (χ2n) is 5.93. The Bertz CT molecular complexity index is 872. The van der Waals surface area contributed by atoms with E-state index in [1.807, 2.05) is 35.0 Å². The molecule has 0 atom stereocenters. The van der Waals surface area contributed by atoms with Crippen LogP contribution in [0.1, 0.15) is 18.4 Å². The van der Waals surface area contributed by atoms with E-state index in [0.29, 0.717) is 10.0 Å². The molecular formula is C19H17Cl2N3. The Morgan fingerprint density at radius 1 is 1.00 bits per heavy atom. The Morgan fingerprint density at radius 3 is 2.67 bits per heavy atom. The first kappa shape index (κ1) is 15.6. The molecule has 5 heteroatoms. The first-order valence-electron chi connectivity index (χ1n) is 8.10. The van der Waals surface area contributed by atoms with Gasteiger partial charge in [-0.2, -0.15) is 5.10 Å². The molecule has 2 heterocycles. The van der Waals surface area contributed by atoms with Gasteiger partial charge >= 0.3 is 0 Å². The molecule has 1 aromatic heterocycles. The van der Waals surface area contributed by atoms with E-state index >= 15 is 0 Å². The van der Waals surface area contributed by atoms with Crippen LogP contribution in [0, 0.1) is 0 Å². The van der Waals surface area contributed by atoms with Crippen molar-refractivity contribution in [2.75, 3.05) is 11.9 Å². The van der Waals surface area contributed by atoms with E-state index in [1.54, 1.807) is 6.07 Å². The molecule has 1 aliphatic heterocycles. The lowest BCUT2D eigenvalue weighted by Crippen LogP contribution is -2.07. The highest BCUT2D eigenvalue weighted by molar-refractivity contribution is 6.34. The fourth-order valence-electron chi connectivity index (χ4n) is 3.15. The Balaban J connectivity index is 1.95. The number of benzene rings is 2. The average Bonchev–Trinajstić information content (AvgIpc) is 2.79. The predicted molar refractivity (Wildman–Crippen MR) is 100 cm³/mol. The molecule has 0 fully saturated rings. The fourth-order valence-corrected chi connectivity index (χ4v) is 3.52. The van der Waals surface area contributed by atoms with E-state index in [-0.39, 0.29) is 0 Å². The molecule has 3 nitrogen and oxygen atoms in total. The van der Waals surface area contributed by atoms with Gasteiger partial charge in [-0.05, 0) is 37.5 Å². The third-order valence-corrected chi connectivity index (χ3v) is 4.87. The van der Waals surface area contributed by atoms with Crippen molar-refractivity contribution in [3.8, 4) is 16.9 Å². The minimum atomic E-state index is 0.635. The summed E-state index contributed by atoms with van der Waals surface area (Å²) in [6, 6.07) is 15.8. The molecule has 0 spiro atoms. The highest BCUT2D eigenvalue weighted by Crippen LogP contribution is 2.36. The van der Waals surface area contributed by atoms with Gasteiger partial charge in [-0.25, -0.2) is 4.68 Å². The van der Waals surface area contributed by atoms with Crippen LogP contribution in [0.5, 0.6) is 0 Å². The summed E-state index contributed by atoms with van der Waals surface area (Å²) in [5.74, 6) is 1.02. The summed E-state index contributed by atoms with van der Waals surface area (Å²) >= 11 is 12.6. The van der Waals surface area contributed by atoms with Gasteiger partial charge in [-0.1, -0.05) is 53.5 Å². The topological polar surface area (TPSA) is 29.9 Å². The first-order chi connectivity index (χ1) is 11.7. The number of hydrogen-bond donors (Lipinski definition) is 1. The Morgan fingerprint density at radius 2 is 1.83 bits per heavy atom. The summed E-state index contributed by atoms with van der Waals surface area (Å²) in [5.41, 5.74) is 4.18. The maximum absolute atomic E-state index is 6.42. The van der Waals surface area contributed by atoms with Crippen LogP contribution in [0.3, 0.4) is 0 Å². The summed E-state index contributed by atoms with van der Waals surface area (Å²) in [6.45, 7) is 0.936. The maximum Gasteiger partial charge on any atom is 0.133 e. The van der Waals surface area contributed by atoms with Gasteiger partial charge in [0.2, 0.25) is 0 Å². The smallest absolute Gasteiger partial charge is 0.133 e. The van der Waals surface area contributed by atoms with E-state index in [2.05, 4.69) is 17.4 Å². The molecule has 24 heavy (non-hydrogen) atoms. The Kier molecular flexibility index (Phi) is 4.21. The van der Waals surface area contributed by atoms with Gasteiger partial charge in [0.15, 0.2) is 0 Å². The van der Waals surface area contributed by atoms with Crippen LogP contribution in [-0.4, -0.2) is 16.3 Å². The summed E-state index contributed by atoms with van der Waals surface area (Å²) in [5, 5.41) is 9.70. The van der Waals surface area contributed by atoms with Crippen LogP contribution in [-0.2, 0) is 6.42 Å². The third kappa shape index (κ3) is 2.79. The molecule has 0 bridgehead atoms. The number of nitrogens with zero attached hydrogens (tertiary/aromatic N) is 2. The van der Waals surface area contributed by atoms with Gasteiger partial charge in [0.05, 0.1) is 16.4 Å². The van der Waals surface area contributed by atoms with Gasteiger partial charge in [-0.3, -0.25) is 0 Å². The van der Waals surface area contributed by atoms with Crippen LogP contribution in [0.15, 0.2) is 48.5 Å². The number of rotatable bonds is 2. The van der Waals surface area contributed by atoms with E-state index in [0.717, 1.165) is 48.6 Å². The molecule has 3 aromatic rings. The lowest BCUT2D eigenvalue weighted by molar-refractivity contribution is 0.780. The normalized spacial score (nSPS) is 13.9. The fraction of sp³-hybridized carbons (Fsp3) is 0.211. The molecular weight excluding hydrogens is 341 g/mol. The molecule has 0 radical (unpaired) electrons. The van der Waals surface area contributed by atoms with Crippen LogP contribution < -0.4 is 5.32 Å². The van der Waals surface area contributed by atoms with Crippen molar-refractivity contribution in [3.05, 3.63) is 64.1 Å². The van der Waals surface area contributed by atoms with E-state index < -0.39 is 0 Å². The first-order valence-corrected chi connectivity index (χ1v) is 8.86. The number of anilines is 1. The van der Waals surface area contributed by atoms with Crippen molar-refractivity contribution in [2.24, 2.45) is 0 Å². The SMILES string of the molecule is Clc1ccc(Cl)c(-n2nc(-c3ccccc3)c3c2NCCCC3)c1. The van der Waals surface area contributed by atoms with Crippen LogP contribution in [0.4, 0.5) is 5.82 Å². The molecule has 2 aromatic carbocycles. The Hall–Kier alpha value is -1.97. The number of halogens is 2. The predicted octanol–water partition coefficient (Wildman–Crippen LogP) is 5.59. The molecule has 0 amide bonds. The summed E-state index contributed by atoms with van der Waals surface area (Å²) < 4.78 is 1.90. The Labute approximate surface area is 151 Å². The molecule has 0 saturated heterocycles. The zero-order chi connectivity index (χ0) is 16.5. The molecule has 0 unspecified atom stereocenters.